The summed E-state index contributed by atoms with van der Waals surface area (Å²) in [6, 6.07) is 11.3. The molecule has 1 amide bonds. The molecule has 1 aromatic carbocycles. The molecule has 0 radical (unpaired) electrons. The third kappa shape index (κ3) is 3.81. The summed E-state index contributed by atoms with van der Waals surface area (Å²) in [6.07, 6.45) is 2.42. The summed E-state index contributed by atoms with van der Waals surface area (Å²) in [4.78, 5) is 16.4. The lowest BCUT2D eigenvalue weighted by Gasteiger charge is -2.17. The van der Waals surface area contributed by atoms with Crippen LogP contribution in [0.2, 0.25) is 0 Å². The number of aryl methyl sites for hydroxylation is 1. The van der Waals surface area contributed by atoms with E-state index in [0.717, 1.165) is 23.4 Å². The summed E-state index contributed by atoms with van der Waals surface area (Å²) in [5.41, 5.74) is 2.54. The number of carbonyl (C=O) groups is 1. The largest absolute Gasteiger partial charge is 0.497 e. The number of hydrogen-bond acceptors (Lipinski definition) is 3. The molecule has 4 nitrogen and oxygen atoms in total. The second-order valence-electron chi connectivity index (χ2n) is 4.90. The van der Waals surface area contributed by atoms with E-state index in [1.165, 1.54) is 0 Å². The van der Waals surface area contributed by atoms with E-state index < -0.39 is 0 Å². The molecule has 0 saturated carbocycles. The van der Waals surface area contributed by atoms with E-state index >= 15 is 0 Å². The molecule has 0 spiro atoms. The molecule has 4 heteroatoms. The van der Waals surface area contributed by atoms with Crippen LogP contribution in [0, 0.1) is 6.92 Å². The Labute approximate surface area is 125 Å². The Hall–Kier alpha value is -2.36. The van der Waals surface area contributed by atoms with Gasteiger partial charge in [-0.05, 0) is 43.2 Å². The highest BCUT2D eigenvalue weighted by Crippen LogP contribution is 2.20. The SMILES string of the molecule is CCC(NC(=O)c1ccc(C)nc1)c1ccc(OC)cc1. The van der Waals surface area contributed by atoms with E-state index in [1.54, 1.807) is 19.4 Å². The lowest BCUT2D eigenvalue weighted by molar-refractivity contribution is 0.0935. The highest BCUT2D eigenvalue weighted by Gasteiger charge is 2.14. The van der Waals surface area contributed by atoms with E-state index in [4.69, 9.17) is 4.74 Å². The van der Waals surface area contributed by atoms with Crippen LogP contribution in [0.5, 0.6) is 5.75 Å². The molecule has 0 aliphatic carbocycles. The van der Waals surface area contributed by atoms with Crippen LogP contribution in [0.4, 0.5) is 0 Å². The zero-order valence-electron chi connectivity index (χ0n) is 12.6. The Morgan fingerprint density at radius 2 is 1.95 bits per heavy atom. The minimum atomic E-state index is -0.106. The number of nitrogens with one attached hydrogen (secondary N) is 1. The van der Waals surface area contributed by atoms with Gasteiger partial charge in [0.2, 0.25) is 0 Å². The first-order valence-corrected chi connectivity index (χ1v) is 7.01. The first-order chi connectivity index (χ1) is 10.1. The fourth-order valence-corrected chi connectivity index (χ4v) is 2.10. The van der Waals surface area contributed by atoms with Gasteiger partial charge >= 0.3 is 0 Å². The van der Waals surface area contributed by atoms with Crippen LogP contribution >= 0.6 is 0 Å². The van der Waals surface area contributed by atoms with Crippen molar-refractivity contribution in [1.82, 2.24) is 10.3 Å². The van der Waals surface area contributed by atoms with Gasteiger partial charge in [-0.15, -0.1) is 0 Å². The van der Waals surface area contributed by atoms with Gasteiger partial charge in [0.15, 0.2) is 0 Å². The van der Waals surface area contributed by atoms with Gasteiger partial charge in [0.1, 0.15) is 5.75 Å². The molecule has 0 bridgehead atoms. The maximum Gasteiger partial charge on any atom is 0.253 e. The van der Waals surface area contributed by atoms with Crippen LogP contribution in [0.15, 0.2) is 42.6 Å². The van der Waals surface area contributed by atoms with Gasteiger partial charge in [0.25, 0.3) is 5.91 Å². The highest BCUT2D eigenvalue weighted by molar-refractivity contribution is 5.94. The number of ether oxygens (including phenoxy) is 1. The molecule has 110 valence electrons. The molecule has 0 aliphatic rings. The molecule has 2 rings (SSSR count). The second-order valence-corrected chi connectivity index (χ2v) is 4.90. The van der Waals surface area contributed by atoms with E-state index in [2.05, 4.69) is 10.3 Å². The van der Waals surface area contributed by atoms with Crippen LogP contribution in [0.25, 0.3) is 0 Å². The van der Waals surface area contributed by atoms with Crippen LogP contribution in [0.3, 0.4) is 0 Å². The second kappa shape index (κ2) is 6.88. The maximum absolute atomic E-state index is 12.2. The predicted molar refractivity (Wildman–Crippen MR) is 82.5 cm³/mol. The lowest BCUT2D eigenvalue weighted by atomic mass is 10.0. The molecule has 1 unspecified atom stereocenters. The molecule has 1 N–H and O–H groups in total. The Kier molecular flexibility index (Phi) is 4.93. The van der Waals surface area contributed by atoms with Crippen molar-refractivity contribution >= 4 is 5.91 Å². The lowest BCUT2D eigenvalue weighted by Crippen LogP contribution is -2.28. The van der Waals surface area contributed by atoms with Crippen molar-refractivity contribution in [3.63, 3.8) is 0 Å². The summed E-state index contributed by atoms with van der Waals surface area (Å²) in [6.45, 7) is 3.94. The summed E-state index contributed by atoms with van der Waals surface area (Å²) < 4.78 is 5.15. The molecule has 2 aromatic rings. The van der Waals surface area contributed by atoms with Crippen LogP contribution in [0.1, 0.15) is 41.0 Å². The topological polar surface area (TPSA) is 51.2 Å². The van der Waals surface area contributed by atoms with Gasteiger partial charge in [0, 0.05) is 11.9 Å². The van der Waals surface area contributed by atoms with Gasteiger partial charge < -0.3 is 10.1 Å². The third-order valence-corrected chi connectivity index (χ3v) is 3.41. The molecule has 1 atom stereocenters. The number of pyridine rings is 1. The van der Waals surface area contributed by atoms with Crippen molar-refractivity contribution in [2.75, 3.05) is 7.11 Å². The summed E-state index contributed by atoms with van der Waals surface area (Å²) in [7, 11) is 1.64. The van der Waals surface area contributed by atoms with Gasteiger partial charge in [0.05, 0.1) is 18.7 Å². The summed E-state index contributed by atoms with van der Waals surface area (Å²) >= 11 is 0. The monoisotopic (exact) mass is 284 g/mol. The number of aromatic nitrogens is 1. The zero-order chi connectivity index (χ0) is 15.2. The number of amides is 1. The Balaban J connectivity index is 2.10. The first kappa shape index (κ1) is 15.0. The van der Waals surface area contributed by atoms with Gasteiger partial charge in [-0.1, -0.05) is 19.1 Å². The number of carbonyl (C=O) groups excluding carboxylic acids is 1. The van der Waals surface area contributed by atoms with Gasteiger partial charge in [-0.25, -0.2) is 0 Å². The Morgan fingerprint density at radius 1 is 1.24 bits per heavy atom. The van der Waals surface area contributed by atoms with Crippen LogP contribution in [-0.4, -0.2) is 18.0 Å². The molecule has 0 saturated heterocycles. The fraction of sp³-hybridized carbons (Fsp3) is 0.294. The molecule has 0 fully saturated rings. The van der Waals surface area contributed by atoms with E-state index in [9.17, 15) is 4.79 Å². The van der Waals surface area contributed by atoms with Crippen molar-refractivity contribution in [3.8, 4) is 5.75 Å². The van der Waals surface area contributed by atoms with Crippen LogP contribution in [-0.2, 0) is 0 Å². The number of benzene rings is 1. The molecular weight excluding hydrogens is 264 g/mol. The van der Waals surface area contributed by atoms with Gasteiger partial charge in [-0.2, -0.15) is 0 Å². The Bertz CT molecular complexity index is 591. The van der Waals surface area contributed by atoms with E-state index in [-0.39, 0.29) is 11.9 Å². The van der Waals surface area contributed by atoms with Crippen molar-refractivity contribution < 1.29 is 9.53 Å². The summed E-state index contributed by atoms with van der Waals surface area (Å²) in [5, 5.41) is 3.04. The van der Waals surface area contributed by atoms with Crippen molar-refractivity contribution in [1.29, 1.82) is 0 Å². The normalized spacial score (nSPS) is 11.8. The number of rotatable bonds is 5. The van der Waals surface area contributed by atoms with E-state index in [1.807, 2.05) is 44.2 Å². The average molecular weight is 284 g/mol. The number of nitrogens with zero attached hydrogens (tertiary/aromatic N) is 1. The van der Waals surface area contributed by atoms with Crippen molar-refractivity contribution in [2.45, 2.75) is 26.3 Å². The van der Waals surface area contributed by atoms with Crippen LogP contribution < -0.4 is 10.1 Å². The summed E-state index contributed by atoms with van der Waals surface area (Å²) in [5.74, 6) is 0.702. The predicted octanol–water partition coefficient (Wildman–Crippen LogP) is 3.28. The number of methoxy groups -OCH3 is 1. The average Bonchev–Trinajstić information content (AvgIpc) is 2.53. The number of hydrogen-bond donors (Lipinski definition) is 1. The molecular formula is C17H20N2O2. The first-order valence-electron chi connectivity index (χ1n) is 7.01. The minimum Gasteiger partial charge on any atom is -0.497 e. The minimum absolute atomic E-state index is 0.0234. The fourth-order valence-electron chi connectivity index (χ4n) is 2.10. The molecule has 0 aliphatic heterocycles. The smallest absolute Gasteiger partial charge is 0.253 e. The van der Waals surface area contributed by atoms with E-state index in [0.29, 0.717) is 5.56 Å². The quantitative estimate of drug-likeness (QED) is 0.916. The third-order valence-electron chi connectivity index (χ3n) is 3.41. The molecule has 1 aromatic heterocycles. The zero-order valence-corrected chi connectivity index (χ0v) is 12.6. The highest BCUT2D eigenvalue weighted by atomic mass is 16.5. The van der Waals surface area contributed by atoms with Gasteiger partial charge in [-0.3, -0.25) is 9.78 Å². The van der Waals surface area contributed by atoms with Crippen molar-refractivity contribution in [3.05, 3.63) is 59.4 Å². The molecule has 1 heterocycles. The molecule has 21 heavy (non-hydrogen) atoms. The maximum atomic E-state index is 12.2. The Morgan fingerprint density at radius 3 is 2.48 bits per heavy atom. The van der Waals surface area contributed by atoms with Crippen molar-refractivity contribution in [2.24, 2.45) is 0 Å². The standard InChI is InChI=1S/C17H20N2O2/c1-4-16(13-7-9-15(21-3)10-8-13)19-17(20)14-6-5-12(2)18-11-14/h5-11,16H,4H2,1-3H3,(H,19,20).